The van der Waals surface area contributed by atoms with Crippen LogP contribution in [0, 0.1) is 5.92 Å². The van der Waals surface area contributed by atoms with Crippen molar-refractivity contribution >= 4 is 0 Å². The summed E-state index contributed by atoms with van der Waals surface area (Å²) in [6.45, 7) is 7.49. The van der Waals surface area contributed by atoms with E-state index < -0.39 is 0 Å². The molecular formula is C11H17N. The molecule has 12 heavy (non-hydrogen) atoms. The second kappa shape index (κ2) is 4.27. The summed E-state index contributed by atoms with van der Waals surface area (Å²) in [5.41, 5.74) is 1.33. The molecule has 1 saturated carbocycles. The molecule has 1 nitrogen and oxygen atoms in total. The van der Waals surface area contributed by atoms with Crippen LogP contribution in [-0.2, 0) is 0 Å². The maximum atomic E-state index is 3.80. The van der Waals surface area contributed by atoms with Crippen LogP contribution in [0.25, 0.3) is 0 Å². The third kappa shape index (κ3) is 1.86. The third-order valence-corrected chi connectivity index (χ3v) is 2.56. The van der Waals surface area contributed by atoms with Crippen molar-refractivity contribution in [1.82, 2.24) is 5.32 Å². The van der Waals surface area contributed by atoms with Crippen LogP contribution in [0.4, 0.5) is 0 Å². The average molecular weight is 163 g/mol. The van der Waals surface area contributed by atoms with Gasteiger partial charge in [-0.05, 0) is 31.4 Å². The highest BCUT2D eigenvalue weighted by Crippen LogP contribution is 2.33. The van der Waals surface area contributed by atoms with Gasteiger partial charge in [-0.3, -0.25) is 0 Å². The van der Waals surface area contributed by atoms with Crippen LogP contribution in [-0.4, -0.2) is 13.1 Å². The van der Waals surface area contributed by atoms with E-state index in [0.29, 0.717) is 12.0 Å². The van der Waals surface area contributed by atoms with E-state index in [0.717, 1.165) is 0 Å². The molecule has 0 atom stereocenters. The largest absolute Gasteiger partial charge is 0.317 e. The van der Waals surface area contributed by atoms with E-state index in [9.17, 15) is 0 Å². The van der Waals surface area contributed by atoms with Crippen LogP contribution < -0.4 is 5.32 Å². The molecule has 0 heterocycles. The van der Waals surface area contributed by atoms with Crippen molar-refractivity contribution in [3.8, 4) is 0 Å². The predicted molar refractivity (Wildman–Crippen MR) is 54.0 cm³/mol. The number of allylic oxidation sites excluding steroid dienone is 4. The summed E-state index contributed by atoms with van der Waals surface area (Å²) in [7, 11) is 2.02. The van der Waals surface area contributed by atoms with Gasteiger partial charge in [0.15, 0.2) is 0 Å². The summed E-state index contributed by atoms with van der Waals surface area (Å²) >= 11 is 0. The summed E-state index contributed by atoms with van der Waals surface area (Å²) < 4.78 is 0. The van der Waals surface area contributed by atoms with Crippen molar-refractivity contribution < 1.29 is 0 Å². The van der Waals surface area contributed by atoms with Crippen molar-refractivity contribution in [2.75, 3.05) is 7.05 Å². The Balaban J connectivity index is 2.44. The second-order valence-corrected chi connectivity index (χ2v) is 3.26. The Morgan fingerprint density at radius 2 is 2.08 bits per heavy atom. The fourth-order valence-corrected chi connectivity index (χ4v) is 1.63. The van der Waals surface area contributed by atoms with Crippen molar-refractivity contribution in [1.29, 1.82) is 0 Å². The van der Waals surface area contributed by atoms with Crippen LogP contribution >= 0.6 is 0 Å². The van der Waals surface area contributed by atoms with Gasteiger partial charge in [-0.2, -0.15) is 0 Å². The zero-order valence-electron chi connectivity index (χ0n) is 7.72. The Morgan fingerprint density at radius 3 is 2.50 bits per heavy atom. The Labute approximate surface area is 74.9 Å². The number of nitrogens with one attached hydrogen (secondary N) is 1. The number of hydrogen-bond donors (Lipinski definition) is 1. The lowest BCUT2D eigenvalue weighted by molar-refractivity contribution is 0.274. The molecular weight excluding hydrogens is 146 g/mol. The molecule has 1 aliphatic carbocycles. The Bertz CT molecular complexity index is 197. The van der Waals surface area contributed by atoms with E-state index in [-0.39, 0.29) is 0 Å². The Hall–Kier alpha value is -0.820. The highest BCUT2D eigenvalue weighted by molar-refractivity contribution is 5.26. The lowest BCUT2D eigenvalue weighted by Gasteiger charge is -2.35. The summed E-state index contributed by atoms with van der Waals surface area (Å²) in [5.74, 6) is 0.706. The minimum Gasteiger partial charge on any atom is -0.317 e. The van der Waals surface area contributed by atoms with E-state index in [1.54, 1.807) is 0 Å². The summed E-state index contributed by atoms with van der Waals surface area (Å²) in [6, 6.07) is 0.711. The summed E-state index contributed by atoms with van der Waals surface area (Å²) in [4.78, 5) is 0. The highest BCUT2D eigenvalue weighted by Gasteiger charge is 2.28. The number of rotatable bonds is 4. The SMILES string of the molecule is C=C/C=C(\C=C)C1CC(NC)C1. The van der Waals surface area contributed by atoms with E-state index in [2.05, 4.69) is 24.6 Å². The van der Waals surface area contributed by atoms with Crippen LogP contribution in [0.2, 0.25) is 0 Å². The lowest BCUT2D eigenvalue weighted by atomic mass is 9.75. The first-order valence-corrected chi connectivity index (χ1v) is 4.44. The first-order valence-electron chi connectivity index (χ1n) is 4.44. The first kappa shape index (κ1) is 9.27. The molecule has 0 unspecified atom stereocenters. The maximum Gasteiger partial charge on any atom is 0.00757 e. The third-order valence-electron chi connectivity index (χ3n) is 2.56. The fourth-order valence-electron chi connectivity index (χ4n) is 1.63. The summed E-state index contributed by atoms with van der Waals surface area (Å²) in [5, 5.41) is 3.27. The Morgan fingerprint density at radius 1 is 1.42 bits per heavy atom. The quantitative estimate of drug-likeness (QED) is 0.627. The van der Waals surface area contributed by atoms with Gasteiger partial charge in [-0.1, -0.05) is 31.4 Å². The standard InChI is InChI=1S/C11H17N/c1-4-6-9(5-2)10-7-11(8-10)12-3/h4-6,10-12H,1-2,7-8H2,3H3/b9-6+. The smallest absolute Gasteiger partial charge is 0.00757 e. The molecule has 0 radical (unpaired) electrons. The molecule has 0 spiro atoms. The van der Waals surface area contributed by atoms with Gasteiger partial charge in [0.2, 0.25) is 0 Å². The van der Waals surface area contributed by atoms with Gasteiger partial charge in [0, 0.05) is 6.04 Å². The van der Waals surface area contributed by atoms with E-state index in [1.807, 2.05) is 19.2 Å². The van der Waals surface area contributed by atoms with Crippen LogP contribution in [0.3, 0.4) is 0 Å². The number of hydrogen-bond acceptors (Lipinski definition) is 1. The molecule has 1 heteroatoms. The van der Waals surface area contributed by atoms with E-state index in [4.69, 9.17) is 0 Å². The van der Waals surface area contributed by atoms with Crippen LogP contribution in [0.5, 0.6) is 0 Å². The van der Waals surface area contributed by atoms with E-state index in [1.165, 1.54) is 18.4 Å². The maximum absolute atomic E-state index is 3.80. The molecule has 0 aliphatic heterocycles. The zero-order chi connectivity index (χ0) is 8.97. The van der Waals surface area contributed by atoms with Crippen molar-refractivity contribution in [2.24, 2.45) is 5.92 Å². The molecule has 0 aromatic rings. The molecule has 1 aliphatic rings. The van der Waals surface area contributed by atoms with Gasteiger partial charge in [0.05, 0.1) is 0 Å². The van der Waals surface area contributed by atoms with Crippen LogP contribution in [0.15, 0.2) is 37.0 Å². The molecule has 0 aromatic carbocycles. The van der Waals surface area contributed by atoms with Gasteiger partial charge in [-0.25, -0.2) is 0 Å². The predicted octanol–water partition coefficient (Wildman–Crippen LogP) is 2.28. The van der Waals surface area contributed by atoms with Crippen molar-refractivity contribution in [3.63, 3.8) is 0 Å². The van der Waals surface area contributed by atoms with Gasteiger partial charge >= 0.3 is 0 Å². The average Bonchev–Trinajstić information content (AvgIpc) is 2.01. The van der Waals surface area contributed by atoms with Gasteiger partial charge in [0.1, 0.15) is 0 Å². The molecule has 0 saturated heterocycles. The highest BCUT2D eigenvalue weighted by atomic mass is 14.9. The van der Waals surface area contributed by atoms with Crippen molar-refractivity contribution in [2.45, 2.75) is 18.9 Å². The monoisotopic (exact) mass is 163 g/mol. The van der Waals surface area contributed by atoms with Crippen LogP contribution in [0.1, 0.15) is 12.8 Å². The Kier molecular flexibility index (Phi) is 3.30. The van der Waals surface area contributed by atoms with Crippen molar-refractivity contribution in [3.05, 3.63) is 37.0 Å². The molecule has 1 rings (SSSR count). The second-order valence-electron chi connectivity index (χ2n) is 3.26. The molecule has 0 amide bonds. The minimum atomic E-state index is 0.706. The molecule has 0 aromatic heterocycles. The van der Waals surface area contributed by atoms with Gasteiger partial charge in [0.25, 0.3) is 0 Å². The normalized spacial score (nSPS) is 29.2. The van der Waals surface area contributed by atoms with Gasteiger partial charge in [-0.15, -0.1) is 0 Å². The lowest BCUT2D eigenvalue weighted by Crippen LogP contribution is -2.39. The summed E-state index contributed by atoms with van der Waals surface area (Å²) in [6.07, 6.45) is 8.32. The van der Waals surface area contributed by atoms with Gasteiger partial charge < -0.3 is 5.32 Å². The molecule has 1 N–H and O–H groups in total. The van der Waals surface area contributed by atoms with E-state index >= 15 is 0 Å². The molecule has 1 fully saturated rings. The molecule has 66 valence electrons. The zero-order valence-corrected chi connectivity index (χ0v) is 7.72. The fraction of sp³-hybridized carbons (Fsp3) is 0.455. The first-order chi connectivity index (χ1) is 5.81. The minimum absolute atomic E-state index is 0.706. The topological polar surface area (TPSA) is 12.0 Å². The molecule has 0 bridgehead atoms.